The Bertz CT molecular complexity index is 497. The second kappa shape index (κ2) is 10.9. The lowest BCUT2D eigenvalue weighted by Crippen LogP contribution is -2.44. The van der Waals surface area contributed by atoms with Crippen molar-refractivity contribution in [3.05, 3.63) is 12.2 Å². The first-order valence-corrected chi connectivity index (χ1v) is 6.83. The summed E-state index contributed by atoms with van der Waals surface area (Å²) in [5, 5.41) is 2.11. The maximum absolute atomic E-state index is 11.5. The van der Waals surface area contributed by atoms with Gasteiger partial charge in [-0.2, -0.15) is 0 Å². The van der Waals surface area contributed by atoms with Crippen LogP contribution in [0.2, 0.25) is 0 Å². The number of carbonyl (C=O) groups excluding carboxylic acids is 5. The Morgan fingerprint density at radius 2 is 1.43 bits per heavy atom. The van der Waals surface area contributed by atoms with Crippen LogP contribution in [0, 0.1) is 0 Å². The van der Waals surface area contributed by atoms with Gasteiger partial charge in [-0.15, -0.1) is 0 Å². The summed E-state index contributed by atoms with van der Waals surface area (Å²) in [6, 6.07) is -1.01. The molecule has 1 atom stereocenters. The van der Waals surface area contributed by atoms with Crippen LogP contribution in [0.5, 0.6) is 0 Å². The average molecular weight is 329 g/mol. The maximum Gasteiger partial charge on any atom is 0.331 e. The quantitative estimate of drug-likeness (QED) is 0.254. The van der Waals surface area contributed by atoms with Gasteiger partial charge < -0.3 is 19.5 Å². The molecule has 0 aliphatic heterocycles. The van der Waals surface area contributed by atoms with Crippen LogP contribution in [0.25, 0.3) is 0 Å². The number of amides is 1. The van der Waals surface area contributed by atoms with E-state index >= 15 is 0 Å². The molecule has 0 aliphatic rings. The number of Topliss-reactive ketones (excluding diaryl/α,β-unsaturated/α-hetero) is 1. The zero-order valence-electron chi connectivity index (χ0n) is 13.1. The van der Waals surface area contributed by atoms with Gasteiger partial charge in [0.15, 0.2) is 6.61 Å². The van der Waals surface area contributed by atoms with E-state index in [1.165, 1.54) is 6.92 Å². The van der Waals surface area contributed by atoms with Gasteiger partial charge in [0.1, 0.15) is 6.04 Å². The Hall–Kier alpha value is -2.71. The van der Waals surface area contributed by atoms with E-state index in [2.05, 4.69) is 19.5 Å². The molecule has 0 unspecified atom stereocenters. The lowest BCUT2D eigenvalue weighted by Gasteiger charge is -2.11. The van der Waals surface area contributed by atoms with Crippen molar-refractivity contribution in [1.82, 2.24) is 5.32 Å². The van der Waals surface area contributed by atoms with Crippen LogP contribution in [-0.4, -0.2) is 55.5 Å². The molecule has 128 valence electrons. The standard InChI is InChI=1S/C14H19NO8/c1-4-21-11(17)6-7-12(18)23-8-10(16)13(19)15-9(3)14(20)22-5-2/h6-7,9H,4-5,8H2,1-3H3,(H,15,19)/b7-6+/t9-/m0/s1. The van der Waals surface area contributed by atoms with Gasteiger partial charge in [-0.1, -0.05) is 0 Å². The average Bonchev–Trinajstić information content (AvgIpc) is 2.50. The van der Waals surface area contributed by atoms with Crippen molar-refractivity contribution in [2.45, 2.75) is 26.8 Å². The van der Waals surface area contributed by atoms with Crippen molar-refractivity contribution in [1.29, 1.82) is 0 Å². The molecule has 0 heterocycles. The SMILES string of the molecule is CCOC(=O)/C=C/C(=O)OCC(=O)C(=O)N[C@@H](C)C(=O)OCC. The highest BCUT2D eigenvalue weighted by molar-refractivity contribution is 6.37. The Morgan fingerprint density at radius 3 is 1.96 bits per heavy atom. The van der Waals surface area contributed by atoms with Gasteiger partial charge in [-0.3, -0.25) is 9.59 Å². The van der Waals surface area contributed by atoms with Crippen LogP contribution in [0.4, 0.5) is 0 Å². The summed E-state index contributed by atoms with van der Waals surface area (Å²) in [6.07, 6.45) is 1.60. The third-order valence-electron chi connectivity index (χ3n) is 2.23. The van der Waals surface area contributed by atoms with E-state index < -0.39 is 42.2 Å². The predicted molar refractivity (Wildman–Crippen MR) is 76.0 cm³/mol. The van der Waals surface area contributed by atoms with Gasteiger partial charge in [0.2, 0.25) is 0 Å². The lowest BCUT2D eigenvalue weighted by atomic mass is 10.3. The number of carbonyl (C=O) groups is 5. The van der Waals surface area contributed by atoms with Gasteiger partial charge >= 0.3 is 17.9 Å². The Labute approximate surface area is 132 Å². The van der Waals surface area contributed by atoms with Crippen molar-refractivity contribution in [2.24, 2.45) is 0 Å². The second-order valence-electron chi connectivity index (χ2n) is 4.06. The van der Waals surface area contributed by atoms with Crippen LogP contribution >= 0.6 is 0 Å². The molecule has 0 rings (SSSR count). The van der Waals surface area contributed by atoms with E-state index in [0.29, 0.717) is 0 Å². The highest BCUT2D eigenvalue weighted by Gasteiger charge is 2.22. The maximum atomic E-state index is 11.5. The van der Waals surface area contributed by atoms with Gasteiger partial charge in [0.05, 0.1) is 13.2 Å². The number of ether oxygens (including phenoxy) is 3. The van der Waals surface area contributed by atoms with E-state index in [0.717, 1.165) is 12.2 Å². The van der Waals surface area contributed by atoms with Crippen LogP contribution in [0.1, 0.15) is 20.8 Å². The molecule has 0 fully saturated rings. The molecular weight excluding hydrogens is 310 g/mol. The highest BCUT2D eigenvalue weighted by Crippen LogP contribution is 1.90. The third kappa shape index (κ3) is 9.02. The van der Waals surface area contributed by atoms with Crippen LogP contribution in [0.15, 0.2) is 12.2 Å². The van der Waals surface area contributed by atoms with Crippen LogP contribution in [-0.2, 0) is 38.2 Å². The zero-order chi connectivity index (χ0) is 17.8. The molecule has 0 saturated carbocycles. The molecule has 0 aromatic heterocycles. The molecule has 9 heteroatoms. The van der Waals surface area contributed by atoms with Crippen LogP contribution in [0.3, 0.4) is 0 Å². The molecule has 0 aromatic carbocycles. The zero-order valence-corrected chi connectivity index (χ0v) is 13.1. The van der Waals surface area contributed by atoms with Crippen molar-refractivity contribution in [3.63, 3.8) is 0 Å². The van der Waals surface area contributed by atoms with Gasteiger partial charge in [-0.25, -0.2) is 14.4 Å². The van der Waals surface area contributed by atoms with E-state index in [9.17, 15) is 24.0 Å². The Morgan fingerprint density at radius 1 is 0.913 bits per heavy atom. The number of hydrogen-bond donors (Lipinski definition) is 1. The summed E-state index contributed by atoms with van der Waals surface area (Å²) < 4.78 is 13.7. The van der Waals surface area contributed by atoms with Crippen LogP contribution < -0.4 is 5.32 Å². The molecule has 23 heavy (non-hydrogen) atoms. The summed E-state index contributed by atoms with van der Waals surface area (Å²) in [4.78, 5) is 56.4. The molecule has 0 saturated heterocycles. The Balaban J connectivity index is 4.23. The van der Waals surface area contributed by atoms with E-state index in [-0.39, 0.29) is 13.2 Å². The lowest BCUT2D eigenvalue weighted by molar-refractivity contribution is -0.150. The molecule has 0 spiro atoms. The number of rotatable bonds is 9. The fraction of sp³-hybridized carbons (Fsp3) is 0.500. The van der Waals surface area contributed by atoms with E-state index in [1.807, 2.05) is 0 Å². The topological polar surface area (TPSA) is 125 Å². The van der Waals surface area contributed by atoms with E-state index in [1.54, 1.807) is 13.8 Å². The monoisotopic (exact) mass is 329 g/mol. The predicted octanol–water partition coefficient (Wildman–Crippen LogP) is -0.714. The van der Waals surface area contributed by atoms with Gasteiger partial charge in [0, 0.05) is 12.2 Å². The van der Waals surface area contributed by atoms with Crippen molar-refractivity contribution >= 4 is 29.6 Å². The molecule has 0 bridgehead atoms. The fourth-order valence-electron chi connectivity index (χ4n) is 1.18. The molecular formula is C14H19NO8. The molecule has 9 nitrogen and oxygen atoms in total. The minimum atomic E-state index is -1.09. The number of ketones is 1. The fourth-order valence-corrected chi connectivity index (χ4v) is 1.18. The minimum Gasteiger partial charge on any atom is -0.464 e. The molecule has 0 radical (unpaired) electrons. The molecule has 0 aromatic rings. The third-order valence-corrected chi connectivity index (χ3v) is 2.23. The molecule has 0 aliphatic carbocycles. The molecule has 1 N–H and O–H groups in total. The van der Waals surface area contributed by atoms with Gasteiger partial charge in [0.25, 0.3) is 11.7 Å². The highest BCUT2D eigenvalue weighted by atomic mass is 16.5. The Kier molecular flexibility index (Phi) is 9.65. The largest absolute Gasteiger partial charge is 0.464 e. The summed E-state index contributed by atoms with van der Waals surface area (Å²) in [5.41, 5.74) is 0. The number of esters is 3. The number of hydrogen-bond acceptors (Lipinski definition) is 8. The summed E-state index contributed by atoms with van der Waals surface area (Å²) in [7, 11) is 0. The summed E-state index contributed by atoms with van der Waals surface area (Å²) in [5.74, 6) is -4.57. The first kappa shape index (κ1) is 20.3. The van der Waals surface area contributed by atoms with Gasteiger partial charge in [-0.05, 0) is 20.8 Å². The van der Waals surface area contributed by atoms with Crippen molar-refractivity contribution in [3.8, 4) is 0 Å². The normalized spacial score (nSPS) is 11.4. The second-order valence-corrected chi connectivity index (χ2v) is 4.06. The minimum absolute atomic E-state index is 0.136. The van der Waals surface area contributed by atoms with Crippen molar-refractivity contribution in [2.75, 3.05) is 19.8 Å². The van der Waals surface area contributed by atoms with Crippen molar-refractivity contribution < 1.29 is 38.2 Å². The summed E-state index contributed by atoms with van der Waals surface area (Å²) in [6.45, 7) is 4.00. The first-order chi connectivity index (χ1) is 10.8. The first-order valence-electron chi connectivity index (χ1n) is 6.83. The number of nitrogens with one attached hydrogen (secondary N) is 1. The smallest absolute Gasteiger partial charge is 0.331 e. The molecule has 1 amide bonds. The van der Waals surface area contributed by atoms with E-state index in [4.69, 9.17) is 0 Å². The summed E-state index contributed by atoms with van der Waals surface area (Å²) >= 11 is 0.